The van der Waals surface area contributed by atoms with E-state index in [0.717, 1.165) is 22.5 Å². The maximum Gasteiger partial charge on any atom is 0.0651 e. The highest BCUT2D eigenvalue weighted by molar-refractivity contribution is 7.25. The lowest BCUT2D eigenvalue weighted by atomic mass is 10.0. The third kappa shape index (κ3) is 4.33. The van der Waals surface area contributed by atoms with E-state index >= 15 is 0 Å². The smallest absolute Gasteiger partial charge is 0.0651 e. The zero-order chi connectivity index (χ0) is 33.5. The molecule has 0 saturated carbocycles. The predicted molar refractivity (Wildman–Crippen MR) is 217 cm³/mol. The first-order valence-electron chi connectivity index (χ1n) is 17.3. The van der Waals surface area contributed by atoms with Gasteiger partial charge in [0.05, 0.1) is 34.0 Å². The maximum absolute atomic E-state index is 4.81. The monoisotopic (exact) mass is 667 g/mol. The van der Waals surface area contributed by atoms with Crippen molar-refractivity contribution < 1.29 is 0 Å². The molecule has 11 rings (SSSR count). The molecule has 0 bridgehead atoms. The molecule has 4 heterocycles. The molecule has 0 aliphatic carbocycles. The van der Waals surface area contributed by atoms with Crippen LogP contribution in [0.5, 0.6) is 0 Å². The average molecular weight is 668 g/mol. The van der Waals surface area contributed by atoms with Crippen LogP contribution in [-0.2, 0) is 0 Å². The Hall–Kier alpha value is -6.49. The van der Waals surface area contributed by atoms with E-state index in [-0.39, 0.29) is 0 Å². The van der Waals surface area contributed by atoms with E-state index in [0.29, 0.717) is 0 Å². The normalized spacial score (nSPS) is 11.9. The number of hydrogen-bond donors (Lipinski definition) is 0. The van der Waals surface area contributed by atoms with Gasteiger partial charge in [0.25, 0.3) is 0 Å². The third-order valence-corrected chi connectivity index (χ3v) is 11.5. The number of benzene rings is 7. The van der Waals surface area contributed by atoms with E-state index in [1.165, 1.54) is 75.0 Å². The van der Waals surface area contributed by atoms with Crippen molar-refractivity contribution in [2.75, 3.05) is 0 Å². The summed E-state index contributed by atoms with van der Waals surface area (Å²) in [7, 11) is 0. The highest BCUT2D eigenvalue weighted by Gasteiger charge is 2.16. The van der Waals surface area contributed by atoms with Crippen LogP contribution in [-0.4, -0.2) is 14.1 Å². The molecule has 0 atom stereocenters. The Kier molecular flexibility index (Phi) is 6.12. The molecule has 11 aromatic rings. The summed E-state index contributed by atoms with van der Waals surface area (Å²) in [5, 5.41) is 7.59. The molecule has 0 saturated heterocycles. The first-order chi connectivity index (χ1) is 25.3. The molecule has 0 amide bonds. The van der Waals surface area contributed by atoms with Crippen molar-refractivity contribution in [1.29, 1.82) is 0 Å². The molecule has 0 spiro atoms. The Labute approximate surface area is 297 Å². The Bertz CT molecular complexity index is 3100. The highest BCUT2D eigenvalue weighted by Crippen LogP contribution is 2.39. The maximum atomic E-state index is 4.81. The number of rotatable bonds is 4. The lowest BCUT2D eigenvalue weighted by molar-refractivity contribution is 1.14. The highest BCUT2D eigenvalue weighted by atomic mass is 32.1. The van der Waals surface area contributed by atoms with Crippen LogP contribution in [0.3, 0.4) is 0 Å². The van der Waals surface area contributed by atoms with E-state index in [1.807, 2.05) is 23.7 Å². The summed E-state index contributed by atoms with van der Waals surface area (Å²) in [6, 6.07) is 59.6. The van der Waals surface area contributed by atoms with Gasteiger partial charge < -0.3 is 9.13 Å². The fourth-order valence-corrected chi connectivity index (χ4v) is 9.15. The van der Waals surface area contributed by atoms with Gasteiger partial charge in [0.15, 0.2) is 0 Å². The van der Waals surface area contributed by atoms with Crippen molar-refractivity contribution in [3.05, 3.63) is 176 Å². The molecule has 0 radical (unpaired) electrons. The Morgan fingerprint density at radius 1 is 0.333 bits per heavy atom. The molecule has 7 aromatic carbocycles. The Morgan fingerprint density at radius 2 is 0.882 bits per heavy atom. The number of pyridine rings is 1. The summed E-state index contributed by atoms with van der Waals surface area (Å²) in [6.07, 6.45) is 3.97. The summed E-state index contributed by atoms with van der Waals surface area (Å²) in [6.45, 7) is 0. The number of hydrogen-bond acceptors (Lipinski definition) is 2. The standard InChI is InChI=1S/C47H29N3S/c1-5-16-42-36(12-1)37-13-2-6-17-43(37)49(42)34-11-9-10-30(24-34)32-20-22-39-38-14-3-7-18-44(38)50(45(39)27-32)35-25-33(28-48-29-35)31-21-23-47-41(26-31)40-15-4-8-19-46(40)51-47/h1-29H. The predicted octanol–water partition coefficient (Wildman–Crippen LogP) is 13.0. The van der Waals surface area contributed by atoms with Gasteiger partial charge in [-0.25, -0.2) is 0 Å². The topological polar surface area (TPSA) is 22.8 Å². The number of fused-ring (bicyclic) bond motifs is 9. The molecular weight excluding hydrogens is 639 g/mol. The van der Waals surface area contributed by atoms with Gasteiger partial charge in [-0.3, -0.25) is 4.98 Å². The largest absolute Gasteiger partial charge is 0.309 e. The second-order valence-electron chi connectivity index (χ2n) is 13.2. The van der Waals surface area contributed by atoms with Gasteiger partial charge >= 0.3 is 0 Å². The number of aromatic nitrogens is 3. The van der Waals surface area contributed by atoms with E-state index in [1.54, 1.807) is 0 Å². The minimum Gasteiger partial charge on any atom is -0.309 e. The van der Waals surface area contributed by atoms with Gasteiger partial charge in [-0.2, -0.15) is 0 Å². The number of para-hydroxylation sites is 3. The van der Waals surface area contributed by atoms with Crippen LogP contribution in [0.2, 0.25) is 0 Å². The molecular formula is C47H29N3S. The van der Waals surface area contributed by atoms with E-state index in [4.69, 9.17) is 4.98 Å². The molecule has 0 aliphatic heterocycles. The van der Waals surface area contributed by atoms with Gasteiger partial charge in [-0.05, 0) is 77.4 Å². The molecule has 0 fully saturated rings. The summed E-state index contributed by atoms with van der Waals surface area (Å²) < 4.78 is 7.39. The van der Waals surface area contributed by atoms with E-state index in [9.17, 15) is 0 Å². The SMILES string of the molecule is c1cc(-c2ccc3c4ccccc4n(-c4cncc(-c5ccc6sc7ccccc7c6c5)c4)c3c2)cc(-n2c3ccccc3c3ccccc32)c1. The van der Waals surface area contributed by atoms with Crippen LogP contribution in [0.25, 0.3) is 97.4 Å². The second kappa shape index (κ2) is 11.0. The summed E-state index contributed by atoms with van der Waals surface area (Å²) >= 11 is 1.85. The fraction of sp³-hybridized carbons (Fsp3) is 0. The van der Waals surface area contributed by atoms with Crippen molar-refractivity contribution in [1.82, 2.24) is 14.1 Å². The van der Waals surface area contributed by atoms with Crippen molar-refractivity contribution >= 4 is 75.1 Å². The molecule has 51 heavy (non-hydrogen) atoms. The van der Waals surface area contributed by atoms with Gasteiger partial charge in [-0.15, -0.1) is 11.3 Å². The summed E-state index contributed by atoms with van der Waals surface area (Å²) in [5.41, 5.74) is 11.6. The first-order valence-corrected chi connectivity index (χ1v) is 18.1. The van der Waals surface area contributed by atoms with Crippen LogP contribution in [0, 0.1) is 0 Å². The lowest BCUT2D eigenvalue weighted by Crippen LogP contribution is -1.96. The van der Waals surface area contributed by atoms with E-state index in [2.05, 4.69) is 173 Å². The Balaban J connectivity index is 1.07. The van der Waals surface area contributed by atoms with Crippen molar-refractivity contribution in [3.63, 3.8) is 0 Å². The molecule has 3 nitrogen and oxygen atoms in total. The van der Waals surface area contributed by atoms with Crippen LogP contribution in [0.1, 0.15) is 0 Å². The van der Waals surface area contributed by atoms with Gasteiger partial charge in [0.1, 0.15) is 0 Å². The number of nitrogens with zero attached hydrogens (tertiary/aromatic N) is 3. The van der Waals surface area contributed by atoms with Crippen molar-refractivity contribution in [2.24, 2.45) is 0 Å². The third-order valence-electron chi connectivity index (χ3n) is 10.4. The lowest BCUT2D eigenvalue weighted by Gasteiger charge is -2.12. The molecule has 0 unspecified atom stereocenters. The van der Waals surface area contributed by atoms with Crippen LogP contribution in [0.15, 0.2) is 176 Å². The van der Waals surface area contributed by atoms with Gasteiger partial charge in [0.2, 0.25) is 0 Å². The van der Waals surface area contributed by atoms with Crippen molar-refractivity contribution in [2.45, 2.75) is 0 Å². The quantitative estimate of drug-likeness (QED) is 0.183. The fourth-order valence-electron chi connectivity index (χ4n) is 8.07. The minimum atomic E-state index is 1.05. The molecule has 0 aliphatic rings. The van der Waals surface area contributed by atoms with Crippen LogP contribution in [0.4, 0.5) is 0 Å². The zero-order valence-electron chi connectivity index (χ0n) is 27.5. The zero-order valence-corrected chi connectivity index (χ0v) is 28.3. The summed E-state index contributed by atoms with van der Waals surface area (Å²) in [4.78, 5) is 4.81. The minimum absolute atomic E-state index is 1.05. The molecule has 4 heteroatoms. The van der Waals surface area contributed by atoms with Gasteiger partial charge in [-0.1, -0.05) is 103 Å². The average Bonchev–Trinajstić information content (AvgIpc) is 3.85. The second-order valence-corrected chi connectivity index (χ2v) is 14.3. The molecule has 4 aromatic heterocycles. The van der Waals surface area contributed by atoms with Crippen LogP contribution >= 0.6 is 11.3 Å². The number of thiophene rings is 1. The van der Waals surface area contributed by atoms with Gasteiger partial charge in [0, 0.05) is 59.2 Å². The summed E-state index contributed by atoms with van der Waals surface area (Å²) in [5.74, 6) is 0. The molecule has 0 N–H and O–H groups in total. The van der Waals surface area contributed by atoms with Crippen LogP contribution < -0.4 is 0 Å². The van der Waals surface area contributed by atoms with Crippen molar-refractivity contribution in [3.8, 4) is 33.6 Å². The molecule has 238 valence electrons. The first kappa shape index (κ1) is 28.4. The van der Waals surface area contributed by atoms with E-state index < -0.39 is 0 Å². The Morgan fingerprint density at radius 3 is 1.63 bits per heavy atom.